The molecule has 0 unspecified atom stereocenters. The number of hydrogen-bond donors (Lipinski definition) is 2. The number of fused-ring (bicyclic) bond motifs is 1. The molecule has 2 aromatic carbocycles. The number of anilines is 2. The Morgan fingerprint density at radius 1 is 1.08 bits per heavy atom. The SMILES string of the molecule is CN(Cc1cncc(-c2cccc3cnc(Nc4ccc(S(N)(=O)=O)cc4)nc23)c1)C1CCOCC1. The molecule has 1 aliphatic rings. The van der Waals surface area contributed by atoms with E-state index in [0.717, 1.165) is 60.2 Å². The predicted molar refractivity (Wildman–Crippen MR) is 139 cm³/mol. The van der Waals surface area contributed by atoms with Crippen molar-refractivity contribution < 1.29 is 13.2 Å². The summed E-state index contributed by atoms with van der Waals surface area (Å²) in [6, 6.07) is 14.8. The van der Waals surface area contributed by atoms with Crippen LogP contribution >= 0.6 is 0 Å². The second kappa shape index (κ2) is 10.3. The fourth-order valence-corrected chi connectivity index (χ4v) is 4.99. The predicted octanol–water partition coefficient (Wildman–Crippen LogP) is 3.69. The number of benzene rings is 2. The van der Waals surface area contributed by atoms with Crippen molar-refractivity contribution in [3.05, 3.63) is 72.7 Å². The van der Waals surface area contributed by atoms with Gasteiger partial charge in [0.1, 0.15) is 0 Å². The van der Waals surface area contributed by atoms with Crippen molar-refractivity contribution in [2.24, 2.45) is 5.14 Å². The number of primary sulfonamides is 1. The molecule has 3 heterocycles. The summed E-state index contributed by atoms with van der Waals surface area (Å²) in [7, 11) is -1.59. The zero-order valence-corrected chi connectivity index (χ0v) is 20.8. The topological polar surface area (TPSA) is 123 Å². The first kappa shape index (κ1) is 24.3. The summed E-state index contributed by atoms with van der Waals surface area (Å²) in [4.78, 5) is 16.1. The average molecular weight is 505 g/mol. The summed E-state index contributed by atoms with van der Waals surface area (Å²) in [5, 5.41) is 9.23. The van der Waals surface area contributed by atoms with Gasteiger partial charge in [0, 0.05) is 66.6 Å². The van der Waals surface area contributed by atoms with Crippen molar-refractivity contribution in [1.29, 1.82) is 0 Å². The van der Waals surface area contributed by atoms with Crippen molar-refractivity contribution in [3.8, 4) is 11.1 Å². The zero-order chi connectivity index (χ0) is 25.1. The van der Waals surface area contributed by atoms with Gasteiger partial charge >= 0.3 is 0 Å². The minimum absolute atomic E-state index is 0.0459. The number of ether oxygens (including phenoxy) is 1. The number of hydrogen-bond acceptors (Lipinski definition) is 8. The average Bonchev–Trinajstić information content (AvgIpc) is 2.89. The molecule has 0 radical (unpaired) electrons. The lowest BCUT2D eigenvalue weighted by molar-refractivity contribution is 0.0406. The second-order valence-corrected chi connectivity index (χ2v) is 10.5. The fourth-order valence-electron chi connectivity index (χ4n) is 4.47. The molecule has 36 heavy (non-hydrogen) atoms. The largest absolute Gasteiger partial charge is 0.381 e. The molecule has 9 nitrogen and oxygen atoms in total. The van der Waals surface area contributed by atoms with Crippen LogP contribution in [0.3, 0.4) is 0 Å². The van der Waals surface area contributed by atoms with E-state index in [1.165, 1.54) is 12.1 Å². The summed E-state index contributed by atoms with van der Waals surface area (Å²) in [6.07, 6.45) is 7.63. The van der Waals surface area contributed by atoms with Crippen molar-refractivity contribution in [3.63, 3.8) is 0 Å². The monoisotopic (exact) mass is 504 g/mol. The van der Waals surface area contributed by atoms with E-state index in [0.29, 0.717) is 17.7 Å². The molecule has 4 aromatic rings. The maximum absolute atomic E-state index is 11.5. The molecule has 3 N–H and O–H groups in total. The van der Waals surface area contributed by atoms with Gasteiger partial charge in [-0.25, -0.2) is 23.5 Å². The molecular weight excluding hydrogens is 476 g/mol. The Bertz CT molecular complexity index is 1470. The number of aromatic nitrogens is 3. The van der Waals surface area contributed by atoms with Crippen LogP contribution in [-0.4, -0.2) is 54.6 Å². The molecule has 2 aromatic heterocycles. The standard InChI is InChI=1S/C26H28N6O3S/c1-32(22-9-11-35-12-10-22)17-18-13-20(15-28-14-18)24-4-2-3-19-16-29-26(31-25(19)24)30-21-5-7-23(8-6-21)36(27,33)34/h2-8,13-16,22H,9-12,17H2,1H3,(H2,27,33,34)(H,29,30,31). The number of nitrogens with two attached hydrogens (primary N) is 1. The summed E-state index contributed by atoms with van der Waals surface area (Å²) in [5.41, 5.74) is 4.54. The molecule has 5 rings (SSSR count). The van der Waals surface area contributed by atoms with Crippen LogP contribution in [0.15, 0.2) is 72.0 Å². The minimum Gasteiger partial charge on any atom is -0.381 e. The third-order valence-electron chi connectivity index (χ3n) is 6.40. The van der Waals surface area contributed by atoms with E-state index in [1.54, 1.807) is 18.3 Å². The highest BCUT2D eigenvalue weighted by Crippen LogP contribution is 2.29. The Kier molecular flexibility index (Phi) is 6.92. The van der Waals surface area contributed by atoms with Gasteiger partial charge < -0.3 is 10.1 Å². The Labute approximate surface area is 210 Å². The summed E-state index contributed by atoms with van der Waals surface area (Å²) in [6.45, 7) is 2.44. The van der Waals surface area contributed by atoms with E-state index >= 15 is 0 Å². The van der Waals surface area contributed by atoms with E-state index in [-0.39, 0.29) is 4.90 Å². The van der Waals surface area contributed by atoms with E-state index in [4.69, 9.17) is 14.9 Å². The van der Waals surface area contributed by atoms with E-state index in [1.807, 2.05) is 30.6 Å². The van der Waals surface area contributed by atoms with Gasteiger partial charge in [0.05, 0.1) is 10.4 Å². The quantitative estimate of drug-likeness (QED) is 0.391. The molecule has 1 fully saturated rings. The molecule has 0 atom stereocenters. The van der Waals surface area contributed by atoms with Crippen LogP contribution in [0.2, 0.25) is 0 Å². The van der Waals surface area contributed by atoms with Crippen LogP contribution in [0, 0.1) is 0 Å². The fraction of sp³-hybridized carbons (Fsp3) is 0.269. The van der Waals surface area contributed by atoms with Crippen LogP contribution in [-0.2, 0) is 21.3 Å². The molecule has 0 spiro atoms. The smallest absolute Gasteiger partial charge is 0.238 e. The number of pyridine rings is 1. The second-order valence-electron chi connectivity index (χ2n) is 8.97. The van der Waals surface area contributed by atoms with Crippen molar-refractivity contribution in [2.45, 2.75) is 30.3 Å². The highest BCUT2D eigenvalue weighted by atomic mass is 32.2. The van der Waals surface area contributed by atoms with Gasteiger partial charge in [-0.2, -0.15) is 0 Å². The molecule has 186 valence electrons. The third kappa shape index (κ3) is 5.52. The highest BCUT2D eigenvalue weighted by molar-refractivity contribution is 7.89. The molecule has 0 amide bonds. The van der Waals surface area contributed by atoms with Gasteiger partial charge in [0.2, 0.25) is 16.0 Å². The molecule has 1 saturated heterocycles. The molecule has 0 aliphatic carbocycles. The minimum atomic E-state index is -3.75. The Balaban J connectivity index is 1.41. The number of nitrogens with zero attached hydrogens (tertiary/aromatic N) is 4. The van der Waals surface area contributed by atoms with Crippen LogP contribution in [0.1, 0.15) is 18.4 Å². The Hall–Kier alpha value is -3.44. The van der Waals surface area contributed by atoms with Crippen LogP contribution in [0.5, 0.6) is 0 Å². The van der Waals surface area contributed by atoms with Gasteiger partial charge in [-0.05, 0) is 55.8 Å². The van der Waals surface area contributed by atoms with Crippen molar-refractivity contribution >= 4 is 32.6 Å². The van der Waals surface area contributed by atoms with Crippen molar-refractivity contribution in [2.75, 3.05) is 25.6 Å². The maximum Gasteiger partial charge on any atom is 0.238 e. The number of rotatable bonds is 7. The molecule has 1 aliphatic heterocycles. The Morgan fingerprint density at radius 3 is 2.61 bits per heavy atom. The lowest BCUT2D eigenvalue weighted by atomic mass is 10.0. The van der Waals surface area contributed by atoms with E-state index in [2.05, 4.69) is 33.3 Å². The maximum atomic E-state index is 11.5. The first-order chi connectivity index (χ1) is 17.4. The summed E-state index contributed by atoms with van der Waals surface area (Å²) in [5.74, 6) is 0.404. The molecule has 0 bridgehead atoms. The lowest BCUT2D eigenvalue weighted by Gasteiger charge is -2.31. The van der Waals surface area contributed by atoms with Gasteiger partial charge in [-0.15, -0.1) is 0 Å². The third-order valence-corrected chi connectivity index (χ3v) is 7.33. The zero-order valence-electron chi connectivity index (χ0n) is 20.0. The van der Waals surface area contributed by atoms with Crippen LogP contribution in [0.25, 0.3) is 22.0 Å². The number of para-hydroxylation sites is 1. The van der Waals surface area contributed by atoms with Crippen LogP contribution in [0.4, 0.5) is 11.6 Å². The molecular formula is C26H28N6O3S. The number of sulfonamides is 1. The van der Waals surface area contributed by atoms with Gasteiger partial charge in [-0.1, -0.05) is 18.2 Å². The first-order valence-electron chi connectivity index (χ1n) is 11.7. The van der Waals surface area contributed by atoms with Gasteiger partial charge in [0.25, 0.3) is 0 Å². The molecule has 10 heteroatoms. The normalized spacial score (nSPS) is 14.9. The van der Waals surface area contributed by atoms with Crippen LogP contribution < -0.4 is 10.5 Å². The highest BCUT2D eigenvalue weighted by Gasteiger charge is 2.19. The summed E-state index contributed by atoms with van der Waals surface area (Å²) >= 11 is 0. The summed E-state index contributed by atoms with van der Waals surface area (Å²) < 4.78 is 28.5. The van der Waals surface area contributed by atoms with Gasteiger partial charge in [0.15, 0.2) is 0 Å². The lowest BCUT2D eigenvalue weighted by Crippen LogP contribution is -2.36. The molecule has 0 saturated carbocycles. The Morgan fingerprint density at radius 2 is 1.86 bits per heavy atom. The first-order valence-corrected chi connectivity index (χ1v) is 13.3. The van der Waals surface area contributed by atoms with E-state index < -0.39 is 10.0 Å². The van der Waals surface area contributed by atoms with Crippen molar-refractivity contribution in [1.82, 2.24) is 19.9 Å². The van der Waals surface area contributed by atoms with Gasteiger partial charge in [-0.3, -0.25) is 9.88 Å². The number of nitrogens with one attached hydrogen (secondary N) is 1. The van der Waals surface area contributed by atoms with E-state index in [9.17, 15) is 8.42 Å².